The van der Waals surface area contributed by atoms with Gasteiger partial charge in [-0.2, -0.15) is 0 Å². The lowest BCUT2D eigenvalue weighted by Crippen LogP contribution is -2.60. The monoisotopic (exact) mass is 744 g/mol. The van der Waals surface area contributed by atoms with Gasteiger partial charge in [0.25, 0.3) is 11.8 Å². The lowest BCUT2D eigenvalue weighted by molar-refractivity contribution is -0.141. The molecule has 6 atom stereocenters. The molecule has 2 aromatic carbocycles. The van der Waals surface area contributed by atoms with Crippen LogP contribution in [0.5, 0.6) is 11.5 Å². The second-order valence-electron chi connectivity index (χ2n) is 12.6. The van der Waals surface area contributed by atoms with Crippen molar-refractivity contribution in [2.45, 2.75) is 54.2 Å². The number of carboxylic acids is 1. The van der Waals surface area contributed by atoms with E-state index in [4.69, 9.17) is 33.0 Å². The number of alkyl halides is 2. The van der Waals surface area contributed by atoms with E-state index in [1.807, 2.05) is 0 Å². The molecule has 50 heavy (non-hydrogen) atoms. The molecule has 4 aliphatic rings. The fourth-order valence-corrected chi connectivity index (χ4v) is 8.81. The molecule has 266 valence electrons. The average molecular weight is 745 g/mol. The highest BCUT2D eigenvalue weighted by atomic mass is 35.5. The number of amides is 4. The van der Waals surface area contributed by atoms with Gasteiger partial charge >= 0.3 is 5.97 Å². The number of methoxy groups -OCH3 is 1. The number of fused-ring (bicyclic) bond motifs is 4. The predicted octanol–water partition coefficient (Wildman–Crippen LogP) is 5.30. The molecule has 2 saturated heterocycles. The molecule has 0 aromatic heterocycles. The topological polar surface area (TPSA) is 142 Å². The molecule has 3 fully saturated rings. The number of halogens is 7. The predicted molar refractivity (Wildman–Crippen MR) is 164 cm³/mol. The quantitative estimate of drug-likeness (QED) is 0.0670. The van der Waals surface area contributed by atoms with Crippen molar-refractivity contribution in [1.82, 2.24) is 4.90 Å². The minimum Gasteiger partial charge on any atom is -0.508 e. The summed E-state index contributed by atoms with van der Waals surface area (Å²) in [5.41, 5.74) is -1.98. The van der Waals surface area contributed by atoms with Gasteiger partial charge in [-0.15, -0.1) is 23.2 Å². The fourth-order valence-electron chi connectivity index (χ4n) is 7.89. The Hall–Kier alpha value is -4.24. The van der Waals surface area contributed by atoms with Gasteiger partial charge < -0.3 is 14.9 Å². The van der Waals surface area contributed by atoms with Gasteiger partial charge in [0.15, 0.2) is 33.0 Å². The number of carbonyl (C=O) groups is 5. The molecule has 2 aliphatic carbocycles. The first-order valence-electron chi connectivity index (χ1n) is 15.5. The van der Waals surface area contributed by atoms with E-state index < -0.39 is 110 Å². The minimum atomic E-state index is -2.82. The molecule has 17 heteroatoms. The molecule has 2 aliphatic heterocycles. The van der Waals surface area contributed by atoms with Crippen LogP contribution in [-0.4, -0.2) is 68.1 Å². The summed E-state index contributed by atoms with van der Waals surface area (Å²) in [6, 6.07) is 3.91. The van der Waals surface area contributed by atoms with Crippen LogP contribution in [0.3, 0.4) is 0 Å². The van der Waals surface area contributed by atoms with E-state index in [1.165, 1.54) is 31.4 Å². The summed E-state index contributed by atoms with van der Waals surface area (Å²) in [7, 11) is 1.20. The number of likely N-dealkylation sites (tertiary alicyclic amines) is 1. The average Bonchev–Trinajstić information content (AvgIpc) is 3.40. The van der Waals surface area contributed by atoms with Crippen molar-refractivity contribution in [3.8, 4) is 11.5 Å². The number of hydrogen-bond acceptors (Lipinski definition) is 7. The lowest BCUT2D eigenvalue weighted by atomic mass is 9.56. The third-order valence-electron chi connectivity index (χ3n) is 10.1. The number of imide groups is 2. The second-order valence-corrected chi connectivity index (χ2v) is 13.9. The molecule has 1 saturated carbocycles. The van der Waals surface area contributed by atoms with E-state index in [-0.39, 0.29) is 41.2 Å². The maximum atomic E-state index is 15.2. The van der Waals surface area contributed by atoms with Crippen molar-refractivity contribution in [3.63, 3.8) is 0 Å². The highest BCUT2D eigenvalue weighted by Crippen LogP contribution is 2.67. The number of allylic oxidation sites excluding steroid dienone is 2. The van der Waals surface area contributed by atoms with Gasteiger partial charge in [0.2, 0.25) is 17.6 Å². The smallest absolute Gasteiger partial charge is 0.303 e. The molecule has 2 aromatic rings. The van der Waals surface area contributed by atoms with Crippen molar-refractivity contribution < 1.29 is 60.9 Å². The van der Waals surface area contributed by atoms with Gasteiger partial charge in [0.1, 0.15) is 17.2 Å². The number of hydrogen-bond donors (Lipinski definition) is 2. The molecule has 0 bridgehead atoms. The molecule has 6 unspecified atom stereocenters. The van der Waals surface area contributed by atoms with Crippen molar-refractivity contribution >= 4 is 58.5 Å². The van der Waals surface area contributed by atoms with Gasteiger partial charge in [-0.1, -0.05) is 24.1 Å². The van der Waals surface area contributed by atoms with Gasteiger partial charge in [0.05, 0.1) is 18.9 Å². The first-order chi connectivity index (χ1) is 23.5. The van der Waals surface area contributed by atoms with Crippen LogP contribution >= 0.6 is 23.2 Å². The number of benzene rings is 2. The Morgan fingerprint density at radius 3 is 2.18 bits per heavy atom. The summed E-state index contributed by atoms with van der Waals surface area (Å²) >= 11 is 14.2. The molecule has 2 heterocycles. The van der Waals surface area contributed by atoms with E-state index in [1.54, 1.807) is 0 Å². The van der Waals surface area contributed by atoms with Crippen molar-refractivity contribution in [3.05, 3.63) is 64.5 Å². The Morgan fingerprint density at radius 1 is 0.920 bits per heavy atom. The van der Waals surface area contributed by atoms with E-state index in [0.717, 1.165) is 4.90 Å². The standard InChI is InChI=1S/C33H27Cl2F5N2O8/c1-50-17-7-5-6-16(43)20(17)21-13-9-10-14-19(29(47)41(28(14)46)11-4-2-3-8-18(44)45)15(13)12-32(34)30(48)42(31(49)33(21,32)35)27-25(39)23(37)22(36)24(38)26(27)40/h5-7,9,14-15,19,21,43H,2-4,8,10-12H2,1H3,(H,44,45). The second kappa shape index (κ2) is 12.5. The maximum Gasteiger partial charge on any atom is 0.303 e. The van der Waals surface area contributed by atoms with Crippen LogP contribution in [0.2, 0.25) is 0 Å². The van der Waals surface area contributed by atoms with Crippen LogP contribution in [-0.2, 0) is 24.0 Å². The van der Waals surface area contributed by atoms with Crippen LogP contribution in [0.1, 0.15) is 50.0 Å². The number of rotatable bonds is 9. The number of carboxylic acid groups (broad SMARTS) is 1. The van der Waals surface area contributed by atoms with Gasteiger partial charge in [0, 0.05) is 24.4 Å². The highest BCUT2D eigenvalue weighted by molar-refractivity contribution is 6.58. The zero-order valence-electron chi connectivity index (χ0n) is 26.0. The summed E-state index contributed by atoms with van der Waals surface area (Å²) in [6.07, 6.45) is 1.62. The zero-order valence-corrected chi connectivity index (χ0v) is 27.5. The SMILES string of the molecule is COc1cccc(O)c1C1C2=CCC3C(=O)N(CCCCCC(=O)O)C(=O)C3C2CC2(Cl)C(=O)N(c3c(F)c(F)c(F)c(F)c3F)C(=O)C12Cl. The van der Waals surface area contributed by atoms with Crippen LogP contribution in [0, 0.1) is 46.8 Å². The Morgan fingerprint density at radius 2 is 1.56 bits per heavy atom. The lowest BCUT2D eigenvalue weighted by Gasteiger charge is -2.50. The van der Waals surface area contributed by atoms with Crippen LogP contribution in [0.25, 0.3) is 0 Å². The number of anilines is 1. The molecule has 10 nitrogen and oxygen atoms in total. The number of ether oxygens (including phenoxy) is 1. The fraction of sp³-hybridized carbons (Fsp3) is 0.424. The molecular weight excluding hydrogens is 718 g/mol. The first kappa shape index (κ1) is 35.6. The summed E-state index contributed by atoms with van der Waals surface area (Å²) in [5.74, 6) is -23.6. The summed E-state index contributed by atoms with van der Waals surface area (Å²) in [6.45, 7) is -0.0417. The third-order valence-corrected chi connectivity index (χ3v) is 11.6. The summed E-state index contributed by atoms with van der Waals surface area (Å²) in [5, 5.41) is 20.1. The zero-order chi connectivity index (χ0) is 36.6. The molecule has 6 rings (SSSR count). The summed E-state index contributed by atoms with van der Waals surface area (Å²) < 4.78 is 78.6. The Balaban J connectivity index is 1.50. The largest absolute Gasteiger partial charge is 0.508 e. The maximum absolute atomic E-state index is 15.2. The van der Waals surface area contributed by atoms with E-state index >= 15 is 8.78 Å². The number of carbonyl (C=O) groups excluding carboxylic acids is 4. The van der Waals surface area contributed by atoms with E-state index in [2.05, 4.69) is 0 Å². The number of phenols is 1. The summed E-state index contributed by atoms with van der Waals surface area (Å²) in [4.78, 5) is 62.1. The van der Waals surface area contributed by atoms with Crippen molar-refractivity contribution in [2.75, 3.05) is 18.6 Å². The van der Waals surface area contributed by atoms with Crippen molar-refractivity contribution in [2.24, 2.45) is 17.8 Å². The Bertz CT molecular complexity index is 1880. The van der Waals surface area contributed by atoms with E-state index in [9.17, 15) is 42.3 Å². The van der Waals surface area contributed by atoms with Crippen LogP contribution < -0.4 is 9.64 Å². The highest BCUT2D eigenvalue weighted by Gasteiger charge is 2.77. The van der Waals surface area contributed by atoms with Crippen molar-refractivity contribution in [1.29, 1.82) is 0 Å². The molecule has 2 N–H and O–H groups in total. The number of phenolic OH excluding ortho intramolecular Hbond substituents is 1. The van der Waals surface area contributed by atoms with Gasteiger partial charge in [-0.3, -0.25) is 28.9 Å². The number of nitrogens with zero attached hydrogens (tertiary/aromatic N) is 2. The Kier molecular flexibility index (Phi) is 8.91. The Labute approximate surface area is 290 Å². The minimum absolute atomic E-state index is 0.0417. The number of aliphatic carboxylic acids is 1. The molecule has 0 radical (unpaired) electrons. The molecular formula is C33H27Cl2F5N2O8. The van der Waals surface area contributed by atoms with Crippen LogP contribution in [0.15, 0.2) is 29.8 Å². The van der Waals surface area contributed by atoms with Gasteiger partial charge in [-0.05, 0) is 43.7 Å². The van der Waals surface area contributed by atoms with Gasteiger partial charge in [-0.25, -0.2) is 26.9 Å². The van der Waals surface area contributed by atoms with Crippen LogP contribution in [0.4, 0.5) is 27.6 Å². The normalized spacial score (nSPS) is 28.8. The number of unbranched alkanes of at least 4 members (excludes halogenated alkanes) is 2. The first-order valence-corrected chi connectivity index (χ1v) is 16.2. The molecule has 0 spiro atoms. The number of aromatic hydroxyl groups is 1. The third kappa shape index (κ3) is 4.83. The van der Waals surface area contributed by atoms with E-state index in [0.29, 0.717) is 19.3 Å². The molecule has 4 amide bonds.